The van der Waals surface area contributed by atoms with E-state index in [4.69, 9.17) is 4.74 Å². The molecule has 2 heterocycles. The molecule has 2 saturated heterocycles. The lowest BCUT2D eigenvalue weighted by atomic mass is 9.94. The highest BCUT2D eigenvalue weighted by atomic mass is 16.6. The number of piperidine rings is 1. The van der Waals surface area contributed by atoms with Gasteiger partial charge in [-0.15, -0.1) is 0 Å². The molecule has 2 aliphatic rings. The van der Waals surface area contributed by atoms with Gasteiger partial charge in [-0.3, -0.25) is 4.79 Å². The summed E-state index contributed by atoms with van der Waals surface area (Å²) in [7, 11) is 0. The molecule has 0 bridgehead atoms. The molecular weight excluding hydrogens is 220 g/mol. The van der Waals surface area contributed by atoms with Crippen LogP contribution in [0.25, 0.3) is 0 Å². The molecular formula is C12H20N2O3. The molecule has 0 spiro atoms. The van der Waals surface area contributed by atoms with Crippen molar-refractivity contribution in [3.05, 3.63) is 0 Å². The first-order chi connectivity index (χ1) is 7.88. The maximum atomic E-state index is 12.0. The Morgan fingerprint density at radius 1 is 1.47 bits per heavy atom. The van der Waals surface area contributed by atoms with Crippen molar-refractivity contribution in [2.45, 2.75) is 45.3 Å². The number of carbonyl (C=O) groups excluding carboxylic acids is 2. The number of hydrogen-bond donors (Lipinski definition) is 1. The monoisotopic (exact) mass is 240 g/mol. The molecule has 2 fully saturated rings. The van der Waals surface area contributed by atoms with Crippen LogP contribution >= 0.6 is 0 Å². The molecule has 2 aliphatic heterocycles. The van der Waals surface area contributed by atoms with Crippen molar-refractivity contribution in [3.63, 3.8) is 0 Å². The van der Waals surface area contributed by atoms with Gasteiger partial charge in [0.1, 0.15) is 5.60 Å². The second kappa shape index (κ2) is 4.29. The lowest BCUT2D eigenvalue weighted by molar-refractivity contribution is -0.128. The molecule has 17 heavy (non-hydrogen) atoms. The third kappa shape index (κ3) is 2.60. The first-order valence-corrected chi connectivity index (χ1v) is 6.14. The summed E-state index contributed by atoms with van der Waals surface area (Å²) in [6.45, 7) is 7.10. The maximum absolute atomic E-state index is 12.0. The lowest BCUT2D eigenvalue weighted by Crippen LogP contribution is -2.48. The van der Waals surface area contributed by atoms with E-state index in [1.807, 2.05) is 20.8 Å². The Labute approximate surface area is 101 Å². The summed E-state index contributed by atoms with van der Waals surface area (Å²) < 4.78 is 5.29. The molecule has 2 unspecified atom stereocenters. The van der Waals surface area contributed by atoms with Gasteiger partial charge >= 0.3 is 6.09 Å². The molecule has 1 N–H and O–H groups in total. The smallest absolute Gasteiger partial charge is 0.417 e. The number of carbonyl (C=O) groups is 2. The van der Waals surface area contributed by atoms with E-state index in [0.29, 0.717) is 6.42 Å². The Morgan fingerprint density at radius 2 is 2.18 bits per heavy atom. The van der Waals surface area contributed by atoms with Crippen LogP contribution in [-0.2, 0) is 9.53 Å². The number of rotatable bonds is 0. The van der Waals surface area contributed by atoms with Crippen LogP contribution in [-0.4, -0.2) is 41.6 Å². The Bertz CT molecular complexity index is 335. The van der Waals surface area contributed by atoms with Crippen LogP contribution in [0.1, 0.15) is 33.6 Å². The zero-order valence-electron chi connectivity index (χ0n) is 10.7. The SMILES string of the molecule is CC(C)(C)OC(=O)N1C(=O)CC2CNCCC21. The fraction of sp³-hybridized carbons (Fsp3) is 0.833. The fourth-order valence-electron chi connectivity index (χ4n) is 2.51. The molecule has 2 amide bonds. The van der Waals surface area contributed by atoms with E-state index in [9.17, 15) is 9.59 Å². The van der Waals surface area contributed by atoms with Gasteiger partial charge in [-0.25, -0.2) is 9.69 Å². The van der Waals surface area contributed by atoms with Gasteiger partial charge in [0.2, 0.25) is 5.91 Å². The highest BCUT2D eigenvalue weighted by molar-refractivity contribution is 5.94. The van der Waals surface area contributed by atoms with Crippen molar-refractivity contribution in [3.8, 4) is 0 Å². The predicted molar refractivity (Wildman–Crippen MR) is 62.5 cm³/mol. The molecule has 5 nitrogen and oxygen atoms in total. The van der Waals surface area contributed by atoms with Gasteiger partial charge in [0.05, 0.1) is 0 Å². The third-order valence-electron chi connectivity index (χ3n) is 3.19. The van der Waals surface area contributed by atoms with Crippen LogP contribution in [0.3, 0.4) is 0 Å². The molecule has 0 aliphatic carbocycles. The van der Waals surface area contributed by atoms with Gasteiger partial charge in [-0.05, 0) is 33.7 Å². The number of nitrogens with one attached hydrogen (secondary N) is 1. The van der Waals surface area contributed by atoms with E-state index in [2.05, 4.69) is 5.32 Å². The normalized spacial score (nSPS) is 29.1. The molecule has 2 rings (SSSR count). The van der Waals surface area contributed by atoms with E-state index in [0.717, 1.165) is 19.5 Å². The number of likely N-dealkylation sites (tertiary alicyclic amines) is 1. The highest BCUT2D eigenvalue weighted by Gasteiger charge is 2.45. The number of imide groups is 1. The average Bonchev–Trinajstić information content (AvgIpc) is 2.50. The van der Waals surface area contributed by atoms with Gasteiger partial charge in [0.15, 0.2) is 0 Å². The van der Waals surface area contributed by atoms with Crippen molar-refractivity contribution in [1.82, 2.24) is 10.2 Å². The second-order valence-corrected chi connectivity index (χ2v) is 5.77. The maximum Gasteiger partial charge on any atom is 0.417 e. The molecule has 0 radical (unpaired) electrons. The Hall–Kier alpha value is -1.10. The number of nitrogens with zero attached hydrogens (tertiary/aromatic N) is 1. The highest BCUT2D eigenvalue weighted by Crippen LogP contribution is 2.30. The lowest BCUT2D eigenvalue weighted by Gasteiger charge is -2.32. The summed E-state index contributed by atoms with van der Waals surface area (Å²) in [5.41, 5.74) is -0.553. The topological polar surface area (TPSA) is 58.6 Å². The second-order valence-electron chi connectivity index (χ2n) is 5.77. The average molecular weight is 240 g/mol. The van der Waals surface area contributed by atoms with Gasteiger partial charge in [0.25, 0.3) is 0 Å². The molecule has 0 aromatic carbocycles. The number of ether oxygens (including phenoxy) is 1. The van der Waals surface area contributed by atoms with Crippen LogP contribution in [0.4, 0.5) is 4.79 Å². The molecule has 0 aromatic heterocycles. The molecule has 0 saturated carbocycles. The quantitative estimate of drug-likeness (QED) is 0.689. The van der Waals surface area contributed by atoms with Crippen LogP contribution in [0.2, 0.25) is 0 Å². The first kappa shape index (κ1) is 12.4. The van der Waals surface area contributed by atoms with Gasteiger partial charge in [0, 0.05) is 24.9 Å². The summed E-state index contributed by atoms with van der Waals surface area (Å²) in [6.07, 6.45) is 0.795. The summed E-state index contributed by atoms with van der Waals surface area (Å²) in [5.74, 6) is 0.154. The minimum Gasteiger partial charge on any atom is -0.443 e. The zero-order chi connectivity index (χ0) is 12.6. The Morgan fingerprint density at radius 3 is 2.82 bits per heavy atom. The standard InChI is InChI=1S/C12H20N2O3/c1-12(2,3)17-11(16)14-9-4-5-13-7-8(9)6-10(14)15/h8-9,13H,4-7H2,1-3H3. The van der Waals surface area contributed by atoms with Crippen molar-refractivity contribution >= 4 is 12.0 Å². The summed E-state index contributed by atoms with van der Waals surface area (Å²) in [6, 6.07) is 0.0265. The van der Waals surface area contributed by atoms with E-state index < -0.39 is 11.7 Å². The zero-order valence-corrected chi connectivity index (χ0v) is 10.7. The number of hydrogen-bond acceptors (Lipinski definition) is 4. The summed E-state index contributed by atoms with van der Waals surface area (Å²) in [5, 5.41) is 3.25. The van der Waals surface area contributed by atoms with Crippen molar-refractivity contribution < 1.29 is 14.3 Å². The van der Waals surface area contributed by atoms with Crippen LogP contribution in [0, 0.1) is 5.92 Å². The van der Waals surface area contributed by atoms with Gasteiger partial charge in [-0.1, -0.05) is 0 Å². The van der Waals surface area contributed by atoms with Crippen molar-refractivity contribution in [2.24, 2.45) is 5.92 Å². The molecule has 96 valence electrons. The predicted octanol–water partition coefficient (Wildman–Crippen LogP) is 1.13. The molecule has 2 atom stereocenters. The van der Waals surface area contributed by atoms with Crippen molar-refractivity contribution in [2.75, 3.05) is 13.1 Å². The number of fused-ring (bicyclic) bond motifs is 1. The summed E-state index contributed by atoms with van der Waals surface area (Å²) in [4.78, 5) is 25.2. The van der Waals surface area contributed by atoms with Gasteiger partial charge < -0.3 is 10.1 Å². The largest absolute Gasteiger partial charge is 0.443 e. The van der Waals surface area contributed by atoms with Crippen molar-refractivity contribution in [1.29, 1.82) is 0 Å². The fourth-order valence-corrected chi connectivity index (χ4v) is 2.51. The van der Waals surface area contributed by atoms with Crippen LogP contribution in [0.5, 0.6) is 0 Å². The van der Waals surface area contributed by atoms with E-state index in [1.165, 1.54) is 4.90 Å². The van der Waals surface area contributed by atoms with E-state index >= 15 is 0 Å². The van der Waals surface area contributed by atoms with Gasteiger partial charge in [-0.2, -0.15) is 0 Å². The third-order valence-corrected chi connectivity index (χ3v) is 3.19. The van der Waals surface area contributed by atoms with Crippen LogP contribution < -0.4 is 5.32 Å². The minimum atomic E-state index is -0.553. The first-order valence-electron chi connectivity index (χ1n) is 6.14. The Kier molecular flexibility index (Phi) is 3.12. The van der Waals surface area contributed by atoms with E-state index in [1.54, 1.807) is 0 Å². The Balaban J connectivity index is 2.09. The molecule has 5 heteroatoms. The summed E-state index contributed by atoms with van der Waals surface area (Å²) >= 11 is 0. The van der Waals surface area contributed by atoms with E-state index in [-0.39, 0.29) is 17.9 Å². The number of amides is 2. The van der Waals surface area contributed by atoms with Crippen LogP contribution in [0.15, 0.2) is 0 Å². The molecule has 0 aromatic rings. The minimum absolute atomic E-state index is 0.0265.